The average Bonchev–Trinajstić information content (AvgIpc) is 2.69. The summed E-state index contributed by atoms with van der Waals surface area (Å²) in [5, 5.41) is 68.1. The third-order valence-corrected chi connectivity index (χ3v) is 4.50. The number of aliphatic hydroxyl groups excluding tert-OH is 7. The van der Waals surface area contributed by atoms with Crippen molar-refractivity contribution in [2.45, 2.75) is 55.3 Å². The number of aliphatic hydroxyl groups is 7. The van der Waals surface area contributed by atoms with E-state index in [0.29, 0.717) is 0 Å². The number of hydrogen-bond donors (Lipinski definition) is 7. The van der Waals surface area contributed by atoms with Crippen molar-refractivity contribution in [3.05, 3.63) is 0 Å². The molecule has 0 spiro atoms. The van der Waals surface area contributed by atoms with Gasteiger partial charge in [-0.15, -0.1) is 0 Å². The molecule has 8 atom stereocenters. The van der Waals surface area contributed by atoms with Crippen molar-refractivity contribution in [1.82, 2.24) is 4.90 Å². The van der Waals surface area contributed by atoms with E-state index < -0.39 is 61.6 Å². The van der Waals surface area contributed by atoms with Crippen molar-refractivity contribution in [1.29, 1.82) is 0 Å². The molecule has 0 bridgehead atoms. The topological polar surface area (TPSA) is 154 Å². The Morgan fingerprint density at radius 3 is 2.10 bits per heavy atom. The fourth-order valence-corrected chi connectivity index (χ4v) is 3.15. The Kier molecular flexibility index (Phi) is 4.88. The molecule has 2 unspecified atom stereocenters. The van der Waals surface area contributed by atoms with Crippen molar-refractivity contribution in [2.24, 2.45) is 0 Å². The van der Waals surface area contributed by atoms with E-state index in [1.54, 1.807) is 0 Å². The van der Waals surface area contributed by atoms with Gasteiger partial charge in [-0.2, -0.15) is 0 Å². The molecule has 2 aliphatic rings. The lowest BCUT2D eigenvalue weighted by Crippen LogP contribution is -2.70. The van der Waals surface area contributed by atoms with Crippen molar-refractivity contribution in [3.63, 3.8) is 0 Å². The molecule has 0 radical (unpaired) electrons. The number of nitrogens with zero attached hydrogens (tertiary/aromatic N) is 1. The largest absolute Gasteiger partial charge is 0.395 e. The van der Waals surface area contributed by atoms with E-state index in [0.717, 1.165) is 0 Å². The zero-order chi connectivity index (χ0) is 15.9. The summed E-state index contributed by atoms with van der Waals surface area (Å²) in [6, 6.07) is -0.993. The molecule has 124 valence electrons. The quantitative estimate of drug-likeness (QED) is 0.273. The molecule has 9 heteroatoms. The first-order valence-corrected chi connectivity index (χ1v) is 6.84. The lowest BCUT2D eigenvalue weighted by Gasteiger charge is -2.50. The first kappa shape index (κ1) is 17.0. The van der Waals surface area contributed by atoms with Gasteiger partial charge in [-0.05, 0) is 6.92 Å². The second kappa shape index (κ2) is 6.03. The van der Waals surface area contributed by atoms with Crippen LogP contribution < -0.4 is 0 Å². The summed E-state index contributed by atoms with van der Waals surface area (Å²) in [6.07, 6.45) is -7.97. The number of rotatable bonds is 3. The van der Waals surface area contributed by atoms with Gasteiger partial charge in [-0.3, -0.25) is 4.90 Å². The summed E-state index contributed by atoms with van der Waals surface area (Å²) < 4.78 is 5.49. The summed E-state index contributed by atoms with van der Waals surface area (Å²) in [5.74, 6) is 0. The van der Waals surface area contributed by atoms with E-state index in [9.17, 15) is 30.6 Å². The molecule has 2 fully saturated rings. The fraction of sp³-hybridized carbons (Fsp3) is 1.00. The van der Waals surface area contributed by atoms with Gasteiger partial charge in [-0.25, -0.2) is 0 Å². The third kappa shape index (κ3) is 2.58. The zero-order valence-electron chi connectivity index (χ0n) is 11.6. The van der Waals surface area contributed by atoms with Crippen LogP contribution in [0.2, 0.25) is 0 Å². The third-order valence-electron chi connectivity index (χ3n) is 4.50. The molecular formula is C12H23NO8. The monoisotopic (exact) mass is 309 g/mol. The summed E-state index contributed by atoms with van der Waals surface area (Å²) in [6.45, 7) is 0.188. The smallest absolute Gasteiger partial charge is 0.148 e. The van der Waals surface area contributed by atoms with Crippen LogP contribution in [0.5, 0.6) is 0 Å². The van der Waals surface area contributed by atoms with Gasteiger partial charge in [0, 0.05) is 6.54 Å². The Morgan fingerprint density at radius 1 is 1.00 bits per heavy atom. The summed E-state index contributed by atoms with van der Waals surface area (Å²) in [5.41, 5.74) is -1.53. The Labute approximate surface area is 121 Å². The first-order chi connectivity index (χ1) is 9.77. The maximum atomic E-state index is 10.2. The highest BCUT2D eigenvalue weighted by molar-refractivity contribution is 5.05. The summed E-state index contributed by atoms with van der Waals surface area (Å²) in [4.78, 5) is 1.30. The average molecular weight is 309 g/mol. The number of hydrogen-bond acceptors (Lipinski definition) is 9. The van der Waals surface area contributed by atoms with Gasteiger partial charge >= 0.3 is 0 Å². The van der Waals surface area contributed by atoms with Crippen molar-refractivity contribution >= 4 is 0 Å². The predicted octanol–water partition coefficient (Wildman–Crippen LogP) is -4.43. The van der Waals surface area contributed by atoms with Gasteiger partial charge in [0.1, 0.15) is 36.2 Å². The molecule has 9 nitrogen and oxygen atoms in total. The van der Waals surface area contributed by atoms with Crippen LogP contribution in [0.15, 0.2) is 0 Å². The molecular weight excluding hydrogens is 286 g/mol. The molecule has 0 aromatic rings. The van der Waals surface area contributed by atoms with Gasteiger partial charge < -0.3 is 40.5 Å². The normalized spacial score (nSPS) is 52.3. The molecule has 0 aromatic heterocycles. The Morgan fingerprint density at radius 2 is 1.62 bits per heavy atom. The molecule has 0 amide bonds. The Balaban J connectivity index is 2.30. The molecule has 2 heterocycles. The van der Waals surface area contributed by atoms with E-state index in [-0.39, 0.29) is 6.54 Å². The van der Waals surface area contributed by atoms with E-state index in [4.69, 9.17) is 9.84 Å². The summed E-state index contributed by atoms with van der Waals surface area (Å²) in [7, 11) is 0. The number of likely N-dealkylation sites (tertiary alicyclic amines) is 1. The van der Waals surface area contributed by atoms with Gasteiger partial charge in [0.05, 0.1) is 25.4 Å². The molecule has 2 aliphatic heterocycles. The second-order valence-corrected chi connectivity index (χ2v) is 5.78. The van der Waals surface area contributed by atoms with Crippen molar-refractivity contribution in [2.75, 3.05) is 19.8 Å². The SMILES string of the molecule is CC1(N2C[C@H](O)[C@@H](O)[C@H](O)C2CO)O[C@H](CO)[C@@H](O)[C@@H]1O. The maximum Gasteiger partial charge on any atom is 0.148 e. The Bertz CT molecular complexity index is 371. The number of β-amino-alcohol motifs (C(OH)–C–C–N with tert-alkyl or cyclic N) is 1. The van der Waals surface area contributed by atoms with Crippen LogP contribution in [0.3, 0.4) is 0 Å². The first-order valence-electron chi connectivity index (χ1n) is 6.84. The molecule has 0 saturated carbocycles. The lowest BCUT2D eigenvalue weighted by atomic mass is 9.90. The van der Waals surface area contributed by atoms with E-state index in [1.165, 1.54) is 11.8 Å². The summed E-state index contributed by atoms with van der Waals surface area (Å²) >= 11 is 0. The highest BCUT2D eigenvalue weighted by Gasteiger charge is 2.58. The van der Waals surface area contributed by atoms with E-state index >= 15 is 0 Å². The van der Waals surface area contributed by atoms with Crippen LogP contribution >= 0.6 is 0 Å². The van der Waals surface area contributed by atoms with E-state index in [2.05, 4.69) is 0 Å². The highest BCUT2D eigenvalue weighted by Crippen LogP contribution is 2.38. The van der Waals surface area contributed by atoms with Gasteiger partial charge in [0.2, 0.25) is 0 Å². The minimum absolute atomic E-state index is 0.179. The molecule has 7 N–H and O–H groups in total. The molecule has 2 saturated heterocycles. The Hall–Kier alpha value is -0.360. The van der Waals surface area contributed by atoms with Crippen LogP contribution in [0.4, 0.5) is 0 Å². The van der Waals surface area contributed by atoms with Gasteiger partial charge in [0.25, 0.3) is 0 Å². The molecule has 0 aromatic carbocycles. The van der Waals surface area contributed by atoms with Crippen LogP contribution in [0.25, 0.3) is 0 Å². The maximum absolute atomic E-state index is 10.2. The minimum atomic E-state index is -1.53. The number of piperidine rings is 1. The second-order valence-electron chi connectivity index (χ2n) is 5.78. The predicted molar refractivity (Wildman–Crippen MR) is 68.0 cm³/mol. The van der Waals surface area contributed by atoms with Crippen LogP contribution in [0, 0.1) is 0 Å². The van der Waals surface area contributed by atoms with Crippen LogP contribution in [0.1, 0.15) is 6.92 Å². The van der Waals surface area contributed by atoms with Gasteiger partial charge in [-0.1, -0.05) is 0 Å². The van der Waals surface area contributed by atoms with Crippen LogP contribution in [-0.2, 0) is 4.74 Å². The zero-order valence-corrected chi connectivity index (χ0v) is 11.6. The molecule has 0 aliphatic carbocycles. The lowest BCUT2D eigenvalue weighted by molar-refractivity contribution is -0.244. The molecule has 2 rings (SSSR count). The fourth-order valence-electron chi connectivity index (χ4n) is 3.15. The number of ether oxygens (including phenoxy) is 1. The van der Waals surface area contributed by atoms with Crippen LogP contribution in [-0.4, -0.2) is 109 Å². The highest BCUT2D eigenvalue weighted by atomic mass is 16.6. The molecule has 21 heavy (non-hydrogen) atoms. The van der Waals surface area contributed by atoms with Crippen molar-refractivity contribution < 1.29 is 40.5 Å². The standard InChI is InChI=1S/C12H23NO8/c1-12(11(20)10(19)7(4-15)21-12)13-2-6(16)9(18)8(17)5(13)3-14/h5-11,14-20H,2-4H2,1H3/t5?,6-,7+,8+,9+,10+,11-,12?/m0/s1. The van der Waals surface area contributed by atoms with Gasteiger partial charge in [0.15, 0.2) is 0 Å². The van der Waals surface area contributed by atoms with E-state index in [1.807, 2.05) is 0 Å². The van der Waals surface area contributed by atoms with Crippen molar-refractivity contribution in [3.8, 4) is 0 Å². The minimum Gasteiger partial charge on any atom is -0.395 e.